The van der Waals surface area contributed by atoms with Crippen LogP contribution < -0.4 is 20.9 Å². The third-order valence-electron chi connectivity index (χ3n) is 4.20. The Bertz CT molecular complexity index is 898. The highest BCUT2D eigenvalue weighted by atomic mass is 32.1. The molecule has 27 heavy (non-hydrogen) atoms. The monoisotopic (exact) mass is 379 g/mol. The van der Waals surface area contributed by atoms with Crippen LogP contribution in [0.3, 0.4) is 0 Å². The number of hydrogen-bond donors (Lipinski definition) is 4. The Hall–Kier alpha value is -2.84. The van der Waals surface area contributed by atoms with Crippen LogP contribution in [-0.4, -0.2) is 41.1 Å². The van der Waals surface area contributed by atoms with Gasteiger partial charge in [-0.15, -0.1) is 12.6 Å². The van der Waals surface area contributed by atoms with Gasteiger partial charge in [0.25, 0.3) is 0 Å². The van der Waals surface area contributed by atoms with Gasteiger partial charge in [-0.2, -0.15) is 15.0 Å². The van der Waals surface area contributed by atoms with E-state index in [2.05, 4.69) is 48.4 Å². The van der Waals surface area contributed by atoms with Crippen LogP contribution in [0.25, 0.3) is 0 Å². The van der Waals surface area contributed by atoms with E-state index in [1.54, 1.807) is 0 Å². The molecule has 7 nitrogen and oxygen atoms in total. The van der Waals surface area contributed by atoms with E-state index < -0.39 is 0 Å². The van der Waals surface area contributed by atoms with Crippen LogP contribution in [0, 0.1) is 0 Å². The fraction of sp³-hybridized carbons (Fsp3) is 0.211. The second-order valence-electron chi connectivity index (χ2n) is 6.15. The predicted molar refractivity (Wildman–Crippen MR) is 112 cm³/mol. The Morgan fingerprint density at radius 1 is 0.815 bits per heavy atom. The minimum absolute atomic E-state index is 0.485. The smallest absolute Gasteiger partial charge is 0.233 e. The summed E-state index contributed by atoms with van der Waals surface area (Å²) in [6, 6.07) is 17.6. The number of thiol groups is 1. The third kappa shape index (κ3) is 4.47. The number of nitrogens with zero attached hydrogens (tertiary/aromatic N) is 4. The van der Waals surface area contributed by atoms with Gasteiger partial charge in [0.05, 0.1) is 5.69 Å². The molecule has 4 rings (SSSR count). The molecule has 8 heteroatoms. The fourth-order valence-corrected chi connectivity index (χ4v) is 3.05. The van der Waals surface area contributed by atoms with Gasteiger partial charge in [-0.25, -0.2) is 0 Å². The molecule has 0 bridgehead atoms. The second kappa shape index (κ2) is 8.24. The summed E-state index contributed by atoms with van der Waals surface area (Å²) < 4.78 is 0. The van der Waals surface area contributed by atoms with Crippen molar-refractivity contribution in [1.82, 2.24) is 20.3 Å². The Morgan fingerprint density at radius 3 is 2.22 bits per heavy atom. The van der Waals surface area contributed by atoms with E-state index in [0.29, 0.717) is 17.8 Å². The predicted octanol–water partition coefficient (Wildman–Crippen LogP) is 3.06. The van der Waals surface area contributed by atoms with Crippen LogP contribution in [0.1, 0.15) is 0 Å². The van der Waals surface area contributed by atoms with E-state index in [-0.39, 0.29) is 0 Å². The number of para-hydroxylation sites is 2. The van der Waals surface area contributed by atoms with Crippen LogP contribution in [-0.2, 0) is 0 Å². The van der Waals surface area contributed by atoms with Crippen LogP contribution in [0.4, 0.5) is 29.2 Å². The molecular weight excluding hydrogens is 358 g/mol. The number of nitrogens with one attached hydrogen (secondary N) is 3. The molecule has 2 aromatic carbocycles. The van der Waals surface area contributed by atoms with Crippen molar-refractivity contribution in [3.05, 3.63) is 54.6 Å². The van der Waals surface area contributed by atoms with E-state index in [1.165, 1.54) is 0 Å². The van der Waals surface area contributed by atoms with Crippen LogP contribution in [0.5, 0.6) is 0 Å². The summed E-state index contributed by atoms with van der Waals surface area (Å²) in [5, 5.41) is 9.86. The molecule has 1 aliphatic heterocycles. The highest BCUT2D eigenvalue weighted by molar-refractivity contribution is 7.80. The zero-order chi connectivity index (χ0) is 18.5. The van der Waals surface area contributed by atoms with Gasteiger partial charge in [0.2, 0.25) is 17.8 Å². The lowest BCUT2D eigenvalue weighted by Crippen LogP contribution is -2.44. The molecule has 0 amide bonds. The first-order valence-electron chi connectivity index (χ1n) is 8.87. The lowest BCUT2D eigenvalue weighted by molar-refractivity contribution is 0.579. The van der Waals surface area contributed by atoms with Gasteiger partial charge in [0.15, 0.2) is 0 Å². The van der Waals surface area contributed by atoms with Crippen LogP contribution in [0.15, 0.2) is 59.5 Å². The zero-order valence-corrected chi connectivity index (χ0v) is 15.7. The van der Waals surface area contributed by atoms with Crippen molar-refractivity contribution in [2.24, 2.45) is 0 Å². The maximum absolute atomic E-state index is 4.63. The summed E-state index contributed by atoms with van der Waals surface area (Å²) in [6.07, 6.45) is 0. The molecule has 2 heterocycles. The largest absolute Gasteiger partial charge is 0.338 e. The third-order valence-corrected chi connectivity index (χ3v) is 4.59. The topological polar surface area (TPSA) is 78.0 Å². The van der Waals surface area contributed by atoms with Crippen molar-refractivity contribution in [3.8, 4) is 0 Å². The van der Waals surface area contributed by atoms with Crippen molar-refractivity contribution >= 4 is 41.8 Å². The summed E-state index contributed by atoms with van der Waals surface area (Å²) in [5.41, 5.74) is 1.78. The van der Waals surface area contributed by atoms with Crippen LogP contribution >= 0.6 is 12.6 Å². The second-order valence-corrected chi connectivity index (χ2v) is 6.63. The molecule has 0 spiro atoms. The Morgan fingerprint density at radius 2 is 1.48 bits per heavy atom. The lowest BCUT2D eigenvalue weighted by atomic mass is 10.3. The Kier molecular flexibility index (Phi) is 5.36. The van der Waals surface area contributed by atoms with Crippen molar-refractivity contribution in [1.29, 1.82) is 0 Å². The zero-order valence-electron chi connectivity index (χ0n) is 14.8. The molecule has 1 aliphatic rings. The van der Waals surface area contributed by atoms with E-state index in [4.69, 9.17) is 0 Å². The summed E-state index contributed by atoms with van der Waals surface area (Å²) in [4.78, 5) is 16.8. The van der Waals surface area contributed by atoms with E-state index >= 15 is 0 Å². The summed E-state index contributed by atoms with van der Waals surface area (Å²) in [7, 11) is 0. The quantitative estimate of drug-likeness (QED) is 0.508. The molecule has 0 unspecified atom stereocenters. The molecule has 0 aliphatic carbocycles. The number of benzene rings is 2. The van der Waals surface area contributed by atoms with Crippen molar-refractivity contribution < 1.29 is 0 Å². The summed E-state index contributed by atoms with van der Waals surface area (Å²) in [5.74, 6) is 1.64. The molecule has 0 atom stereocenters. The first-order valence-corrected chi connectivity index (χ1v) is 9.31. The fourth-order valence-electron chi connectivity index (χ4n) is 2.83. The molecule has 0 saturated carbocycles. The maximum atomic E-state index is 4.63. The van der Waals surface area contributed by atoms with E-state index in [1.807, 2.05) is 54.6 Å². The molecule has 1 fully saturated rings. The molecular formula is C19H21N7S. The Labute approximate surface area is 163 Å². The first kappa shape index (κ1) is 17.6. The van der Waals surface area contributed by atoms with Gasteiger partial charge in [-0.3, -0.25) is 0 Å². The van der Waals surface area contributed by atoms with Gasteiger partial charge in [0, 0.05) is 36.8 Å². The van der Waals surface area contributed by atoms with Gasteiger partial charge in [-0.05, 0) is 24.3 Å². The maximum Gasteiger partial charge on any atom is 0.233 e. The SMILES string of the molecule is Sc1ccccc1Nc1nc(Nc2ccccc2)nc(N2CCNCC2)n1. The van der Waals surface area contributed by atoms with Gasteiger partial charge in [0.1, 0.15) is 0 Å². The van der Waals surface area contributed by atoms with Crippen molar-refractivity contribution in [2.75, 3.05) is 41.7 Å². The number of aromatic nitrogens is 3. The highest BCUT2D eigenvalue weighted by Crippen LogP contribution is 2.24. The number of piperazine rings is 1. The molecule has 3 N–H and O–H groups in total. The van der Waals surface area contributed by atoms with E-state index in [9.17, 15) is 0 Å². The Balaban J connectivity index is 1.66. The van der Waals surface area contributed by atoms with Gasteiger partial charge >= 0.3 is 0 Å². The van der Waals surface area contributed by atoms with Crippen molar-refractivity contribution in [2.45, 2.75) is 4.90 Å². The number of rotatable bonds is 5. The molecule has 3 aromatic rings. The lowest BCUT2D eigenvalue weighted by Gasteiger charge is -2.27. The molecule has 0 radical (unpaired) electrons. The minimum atomic E-state index is 0.485. The minimum Gasteiger partial charge on any atom is -0.338 e. The van der Waals surface area contributed by atoms with E-state index in [0.717, 1.165) is 42.4 Å². The summed E-state index contributed by atoms with van der Waals surface area (Å²) in [6.45, 7) is 3.54. The first-order chi connectivity index (χ1) is 13.3. The number of hydrogen-bond acceptors (Lipinski definition) is 8. The van der Waals surface area contributed by atoms with Crippen molar-refractivity contribution in [3.63, 3.8) is 0 Å². The average molecular weight is 379 g/mol. The molecule has 138 valence electrons. The average Bonchev–Trinajstić information content (AvgIpc) is 2.71. The highest BCUT2D eigenvalue weighted by Gasteiger charge is 2.16. The van der Waals surface area contributed by atoms with Gasteiger partial charge < -0.3 is 20.9 Å². The summed E-state index contributed by atoms with van der Waals surface area (Å²) >= 11 is 4.49. The van der Waals surface area contributed by atoms with Gasteiger partial charge in [-0.1, -0.05) is 30.3 Å². The standard InChI is InChI=1S/C19H21N7S/c27-16-9-5-4-8-15(16)22-18-23-17(21-14-6-2-1-3-7-14)24-19(25-18)26-12-10-20-11-13-26/h1-9,20,27H,10-13H2,(H2,21,22,23,24,25). The molecule has 1 aromatic heterocycles. The number of anilines is 5. The normalized spacial score (nSPS) is 14.0. The molecule has 1 saturated heterocycles. The van der Waals surface area contributed by atoms with Crippen LogP contribution in [0.2, 0.25) is 0 Å².